The summed E-state index contributed by atoms with van der Waals surface area (Å²) in [5.41, 5.74) is 2.19. The van der Waals surface area contributed by atoms with E-state index in [9.17, 15) is 4.79 Å². The van der Waals surface area contributed by atoms with Gasteiger partial charge in [-0.25, -0.2) is 0 Å². The second-order valence-corrected chi connectivity index (χ2v) is 6.10. The van der Waals surface area contributed by atoms with Gasteiger partial charge < -0.3 is 10.1 Å². The monoisotopic (exact) mass is 320 g/mol. The van der Waals surface area contributed by atoms with Crippen LogP contribution in [0.3, 0.4) is 0 Å². The Morgan fingerprint density at radius 2 is 2.00 bits per heavy atom. The van der Waals surface area contributed by atoms with Crippen molar-refractivity contribution in [1.29, 1.82) is 0 Å². The Bertz CT molecular complexity index is 859. The number of carbonyl (C=O) groups is 1. The number of benzene rings is 2. The van der Waals surface area contributed by atoms with E-state index in [2.05, 4.69) is 24.1 Å². The maximum absolute atomic E-state index is 12.5. The van der Waals surface area contributed by atoms with Crippen LogP contribution in [0.15, 0.2) is 60.8 Å². The Balaban J connectivity index is 1.74. The molecule has 0 unspecified atom stereocenters. The van der Waals surface area contributed by atoms with Crippen LogP contribution in [0.4, 0.5) is 5.69 Å². The van der Waals surface area contributed by atoms with E-state index in [1.165, 1.54) is 0 Å². The fourth-order valence-electron chi connectivity index (χ4n) is 2.35. The standard InChI is InChI=1S/C20H20N2O2/c1-14(2)13-24-18-7-3-6-17(12-18)22-20(23)16-8-9-19-15(11-16)5-4-10-21-19/h3-12,14H,13H2,1-2H3,(H,22,23). The average Bonchev–Trinajstić information content (AvgIpc) is 2.60. The average molecular weight is 320 g/mol. The molecule has 0 saturated heterocycles. The molecule has 4 heteroatoms. The van der Waals surface area contributed by atoms with Crippen LogP contribution in [0.25, 0.3) is 10.9 Å². The second kappa shape index (κ2) is 7.13. The van der Waals surface area contributed by atoms with E-state index in [-0.39, 0.29) is 5.91 Å². The van der Waals surface area contributed by atoms with Crippen molar-refractivity contribution in [1.82, 2.24) is 4.98 Å². The lowest BCUT2D eigenvalue weighted by molar-refractivity contribution is 0.102. The molecule has 0 bridgehead atoms. The molecule has 0 aliphatic carbocycles. The summed E-state index contributed by atoms with van der Waals surface area (Å²) in [5, 5.41) is 3.86. The Kier molecular flexibility index (Phi) is 4.75. The van der Waals surface area contributed by atoms with Crippen molar-refractivity contribution >= 4 is 22.5 Å². The number of hydrogen-bond donors (Lipinski definition) is 1. The zero-order valence-electron chi connectivity index (χ0n) is 13.8. The van der Waals surface area contributed by atoms with Gasteiger partial charge in [0.2, 0.25) is 0 Å². The molecule has 0 fully saturated rings. The van der Waals surface area contributed by atoms with Crippen LogP contribution in [0.5, 0.6) is 5.75 Å². The first-order chi connectivity index (χ1) is 11.6. The molecule has 3 aromatic rings. The van der Waals surface area contributed by atoms with E-state index in [4.69, 9.17) is 4.74 Å². The molecule has 122 valence electrons. The summed E-state index contributed by atoms with van der Waals surface area (Å²) < 4.78 is 5.69. The number of amides is 1. The molecular formula is C20H20N2O2. The highest BCUT2D eigenvalue weighted by molar-refractivity contribution is 6.06. The number of nitrogens with zero attached hydrogens (tertiary/aromatic N) is 1. The van der Waals surface area contributed by atoms with Crippen LogP contribution in [0.1, 0.15) is 24.2 Å². The van der Waals surface area contributed by atoms with E-state index in [0.717, 1.165) is 16.7 Å². The third kappa shape index (κ3) is 3.90. The highest BCUT2D eigenvalue weighted by atomic mass is 16.5. The van der Waals surface area contributed by atoms with Gasteiger partial charge in [0.1, 0.15) is 5.75 Å². The molecule has 1 amide bonds. The Hall–Kier alpha value is -2.88. The first-order valence-electron chi connectivity index (χ1n) is 8.01. The lowest BCUT2D eigenvalue weighted by Crippen LogP contribution is -2.12. The number of aromatic nitrogens is 1. The minimum absolute atomic E-state index is 0.151. The van der Waals surface area contributed by atoms with Gasteiger partial charge in [0.05, 0.1) is 12.1 Å². The summed E-state index contributed by atoms with van der Waals surface area (Å²) in [6.07, 6.45) is 1.74. The number of anilines is 1. The second-order valence-electron chi connectivity index (χ2n) is 6.10. The molecule has 0 aliphatic heterocycles. The topological polar surface area (TPSA) is 51.2 Å². The van der Waals surface area contributed by atoms with Crippen molar-refractivity contribution in [3.63, 3.8) is 0 Å². The number of rotatable bonds is 5. The molecule has 0 radical (unpaired) electrons. The van der Waals surface area contributed by atoms with Gasteiger partial charge in [0.15, 0.2) is 0 Å². The predicted octanol–water partition coefficient (Wildman–Crippen LogP) is 4.52. The number of carbonyl (C=O) groups excluding carboxylic acids is 1. The summed E-state index contributed by atoms with van der Waals surface area (Å²) in [4.78, 5) is 16.7. The smallest absolute Gasteiger partial charge is 0.255 e. The fraction of sp³-hybridized carbons (Fsp3) is 0.200. The summed E-state index contributed by atoms with van der Waals surface area (Å²) in [6, 6.07) is 16.7. The Morgan fingerprint density at radius 3 is 2.83 bits per heavy atom. The van der Waals surface area contributed by atoms with Gasteiger partial charge in [0.25, 0.3) is 5.91 Å². The van der Waals surface area contributed by atoms with E-state index >= 15 is 0 Å². The summed E-state index contributed by atoms with van der Waals surface area (Å²) in [6.45, 7) is 4.84. The van der Waals surface area contributed by atoms with Crippen molar-refractivity contribution in [3.05, 3.63) is 66.4 Å². The molecule has 0 saturated carbocycles. The molecule has 4 nitrogen and oxygen atoms in total. The minimum atomic E-state index is -0.151. The predicted molar refractivity (Wildman–Crippen MR) is 96.5 cm³/mol. The van der Waals surface area contributed by atoms with Gasteiger partial charge in [-0.15, -0.1) is 0 Å². The molecule has 1 N–H and O–H groups in total. The first kappa shape index (κ1) is 16.0. The Morgan fingerprint density at radius 1 is 1.12 bits per heavy atom. The van der Waals surface area contributed by atoms with E-state index in [1.54, 1.807) is 12.3 Å². The van der Waals surface area contributed by atoms with Crippen LogP contribution in [0, 0.1) is 5.92 Å². The van der Waals surface area contributed by atoms with E-state index in [1.807, 2.05) is 48.5 Å². The minimum Gasteiger partial charge on any atom is -0.493 e. The number of hydrogen-bond acceptors (Lipinski definition) is 3. The van der Waals surface area contributed by atoms with Crippen LogP contribution in [-0.4, -0.2) is 17.5 Å². The molecule has 1 aromatic heterocycles. The first-order valence-corrected chi connectivity index (χ1v) is 8.01. The summed E-state index contributed by atoms with van der Waals surface area (Å²) >= 11 is 0. The molecule has 1 heterocycles. The summed E-state index contributed by atoms with van der Waals surface area (Å²) in [5.74, 6) is 1.06. The highest BCUT2D eigenvalue weighted by Gasteiger charge is 2.08. The van der Waals surface area contributed by atoms with Gasteiger partial charge in [-0.1, -0.05) is 26.0 Å². The molecule has 0 spiro atoms. The number of pyridine rings is 1. The number of ether oxygens (including phenoxy) is 1. The van der Waals surface area contributed by atoms with Crippen molar-refractivity contribution in [3.8, 4) is 5.75 Å². The van der Waals surface area contributed by atoms with Crippen LogP contribution in [0.2, 0.25) is 0 Å². The molecule has 0 atom stereocenters. The SMILES string of the molecule is CC(C)COc1cccc(NC(=O)c2ccc3ncccc3c2)c1. The van der Waals surface area contributed by atoms with E-state index in [0.29, 0.717) is 23.8 Å². The van der Waals surface area contributed by atoms with Crippen molar-refractivity contribution in [2.24, 2.45) is 5.92 Å². The third-order valence-corrected chi connectivity index (χ3v) is 3.54. The van der Waals surface area contributed by atoms with Crippen molar-refractivity contribution < 1.29 is 9.53 Å². The lowest BCUT2D eigenvalue weighted by atomic mass is 10.1. The largest absolute Gasteiger partial charge is 0.493 e. The van der Waals surface area contributed by atoms with Crippen LogP contribution < -0.4 is 10.1 Å². The maximum Gasteiger partial charge on any atom is 0.255 e. The maximum atomic E-state index is 12.5. The van der Waals surface area contributed by atoms with Crippen LogP contribution in [-0.2, 0) is 0 Å². The van der Waals surface area contributed by atoms with Gasteiger partial charge in [-0.3, -0.25) is 9.78 Å². The molecular weight excluding hydrogens is 300 g/mol. The molecule has 2 aromatic carbocycles. The van der Waals surface area contributed by atoms with E-state index < -0.39 is 0 Å². The van der Waals surface area contributed by atoms with Gasteiger partial charge in [-0.2, -0.15) is 0 Å². The normalized spacial score (nSPS) is 10.8. The van der Waals surface area contributed by atoms with Gasteiger partial charge >= 0.3 is 0 Å². The quantitative estimate of drug-likeness (QED) is 0.752. The lowest BCUT2D eigenvalue weighted by Gasteiger charge is -2.11. The number of fused-ring (bicyclic) bond motifs is 1. The zero-order chi connectivity index (χ0) is 16.9. The van der Waals surface area contributed by atoms with Crippen molar-refractivity contribution in [2.75, 3.05) is 11.9 Å². The Labute approximate surface area is 141 Å². The van der Waals surface area contributed by atoms with Gasteiger partial charge in [-0.05, 0) is 42.3 Å². The molecule has 24 heavy (non-hydrogen) atoms. The molecule has 3 rings (SSSR count). The highest BCUT2D eigenvalue weighted by Crippen LogP contribution is 2.20. The summed E-state index contributed by atoms with van der Waals surface area (Å²) in [7, 11) is 0. The number of nitrogens with one attached hydrogen (secondary N) is 1. The molecule has 0 aliphatic rings. The van der Waals surface area contributed by atoms with Crippen molar-refractivity contribution in [2.45, 2.75) is 13.8 Å². The van der Waals surface area contributed by atoms with Gasteiger partial charge in [0, 0.05) is 28.9 Å². The zero-order valence-corrected chi connectivity index (χ0v) is 13.8. The fourth-order valence-corrected chi connectivity index (χ4v) is 2.35. The third-order valence-electron chi connectivity index (χ3n) is 3.54. The van der Waals surface area contributed by atoms with Crippen LogP contribution >= 0.6 is 0 Å².